The van der Waals surface area contributed by atoms with Crippen LogP contribution in [0, 0.1) is 0 Å². The first kappa shape index (κ1) is 18.6. The van der Waals surface area contributed by atoms with E-state index in [2.05, 4.69) is 17.1 Å². The Labute approximate surface area is 168 Å². The zero-order chi connectivity index (χ0) is 19.5. The molecule has 1 aromatic heterocycles. The van der Waals surface area contributed by atoms with Crippen molar-refractivity contribution in [3.8, 4) is 22.9 Å². The Hall–Kier alpha value is -2.80. The van der Waals surface area contributed by atoms with Crippen molar-refractivity contribution >= 4 is 17.5 Å². The van der Waals surface area contributed by atoms with Gasteiger partial charge in [0.25, 0.3) is 0 Å². The quantitative estimate of drug-likeness (QED) is 0.616. The van der Waals surface area contributed by atoms with E-state index in [1.807, 2.05) is 67.1 Å². The Morgan fingerprint density at radius 2 is 1.43 bits per heavy atom. The Balaban J connectivity index is 1.68. The summed E-state index contributed by atoms with van der Waals surface area (Å²) in [6.07, 6.45) is 0. The van der Waals surface area contributed by atoms with Gasteiger partial charge in [-0.15, -0.1) is 10.2 Å². The number of rotatable bonds is 6. The fraction of sp³-hybridized carbons (Fsp3) is 0.286. The van der Waals surface area contributed by atoms with Gasteiger partial charge in [0.1, 0.15) is 11.5 Å². The molecule has 2 heterocycles. The van der Waals surface area contributed by atoms with Crippen LogP contribution in [0.5, 0.6) is 11.5 Å². The number of benzene rings is 2. The first-order valence-electron chi connectivity index (χ1n) is 9.37. The predicted molar refractivity (Wildman–Crippen MR) is 111 cm³/mol. The molecule has 0 saturated carbocycles. The SMILES string of the molecule is CCOc1ccc(C2=Nn3c(nnc3-c3ccc(OCC)cc3)S[C@H]2C)cc1. The average Bonchev–Trinajstić information content (AvgIpc) is 3.12. The molecule has 6 nitrogen and oxygen atoms in total. The first-order valence-corrected chi connectivity index (χ1v) is 10.2. The number of hydrogen-bond donors (Lipinski definition) is 0. The number of nitrogens with zero attached hydrogens (tertiary/aromatic N) is 4. The van der Waals surface area contributed by atoms with Gasteiger partial charge in [-0.25, -0.2) is 0 Å². The molecule has 0 saturated heterocycles. The van der Waals surface area contributed by atoms with E-state index in [1.54, 1.807) is 11.8 Å². The first-order chi connectivity index (χ1) is 13.7. The Morgan fingerprint density at radius 3 is 2.00 bits per heavy atom. The molecular weight excluding hydrogens is 372 g/mol. The maximum absolute atomic E-state index is 5.54. The van der Waals surface area contributed by atoms with E-state index < -0.39 is 0 Å². The summed E-state index contributed by atoms with van der Waals surface area (Å²) in [5.74, 6) is 2.43. The highest BCUT2D eigenvalue weighted by Gasteiger charge is 2.26. The van der Waals surface area contributed by atoms with Crippen LogP contribution in [0.25, 0.3) is 11.4 Å². The van der Waals surface area contributed by atoms with Crippen molar-refractivity contribution in [1.82, 2.24) is 14.9 Å². The molecule has 144 valence electrons. The molecule has 1 aliphatic heterocycles. The van der Waals surface area contributed by atoms with Gasteiger partial charge in [0.2, 0.25) is 5.16 Å². The standard InChI is InChI=1S/C21H22N4O2S/c1-4-26-17-10-6-15(7-11-17)19-14(3)28-21-23-22-20(25(21)24-19)16-8-12-18(13-9-16)27-5-2/h6-14H,4-5H2,1-3H3/t14-/m0/s1. The summed E-state index contributed by atoms with van der Waals surface area (Å²) in [5, 5.41) is 14.6. The second-order valence-electron chi connectivity index (χ2n) is 6.28. The van der Waals surface area contributed by atoms with Crippen LogP contribution >= 0.6 is 11.8 Å². The molecule has 0 N–H and O–H groups in total. The summed E-state index contributed by atoms with van der Waals surface area (Å²) in [4.78, 5) is 0. The van der Waals surface area contributed by atoms with E-state index in [1.165, 1.54) is 0 Å². The number of thioether (sulfide) groups is 1. The maximum atomic E-state index is 5.54. The molecule has 0 bridgehead atoms. The van der Waals surface area contributed by atoms with Crippen LogP contribution in [-0.4, -0.2) is 39.0 Å². The molecule has 0 radical (unpaired) electrons. The Bertz CT molecular complexity index is 981. The molecule has 0 amide bonds. The Kier molecular flexibility index (Phi) is 5.34. The molecule has 7 heteroatoms. The minimum atomic E-state index is 0.183. The van der Waals surface area contributed by atoms with E-state index in [9.17, 15) is 0 Å². The molecule has 0 spiro atoms. The molecule has 1 atom stereocenters. The largest absolute Gasteiger partial charge is 0.494 e. The molecular formula is C21H22N4O2S. The molecule has 0 unspecified atom stereocenters. The van der Waals surface area contributed by atoms with E-state index in [0.717, 1.165) is 39.3 Å². The number of ether oxygens (including phenoxy) is 2. The third-order valence-corrected chi connectivity index (χ3v) is 5.41. The fourth-order valence-electron chi connectivity index (χ4n) is 3.06. The van der Waals surface area contributed by atoms with Crippen LogP contribution in [0.1, 0.15) is 26.3 Å². The van der Waals surface area contributed by atoms with Gasteiger partial charge in [0.05, 0.1) is 24.2 Å². The number of fused-ring (bicyclic) bond motifs is 1. The van der Waals surface area contributed by atoms with Gasteiger partial charge in [0, 0.05) is 5.56 Å². The van der Waals surface area contributed by atoms with E-state index in [-0.39, 0.29) is 5.25 Å². The van der Waals surface area contributed by atoms with Gasteiger partial charge in [-0.05, 0) is 74.9 Å². The van der Waals surface area contributed by atoms with Crippen LogP contribution in [0.3, 0.4) is 0 Å². The lowest BCUT2D eigenvalue weighted by Crippen LogP contribution is -2.21. The average molecular weight is 395 g/mol. The summed E-state index contributed by atoms with van der Waals surface area (Å²) in [7, 11) is 0. The Morgan fingerprint density at radius 1 is 0.857 bits per heavy atom. The van der Waals surface area contributed by atoms with Crippen LogP contribution < -0.4 is 9.47 Å². The summed E-state index contributed by atoms with van der Waals surface area (Å²) in [6.45, 7) is 7.38. The van der Waals surface area contributed by atoms with Gasteiger partial charge >= 0.3 is 0 Å². The second kappa shape index (κ2) is 8.06. The molecule has 28 heavy (non-hydrogen) atoms. The van der Waals surface area contributed by atoms with Gasteiger partial charge in [-0.1, -0.05) is 11.8 Å². The molecule has 0 fully saturated rings. The summed E-state index contributed by atoms with van der Waals surface area (Å²) in [5.41, 5.74) is 3.01. The van der Waals surface area contributed by atoms with Crippen molar-refractivity contribution in [3.63, 3.8) is 0 Å². The second-order valence-corrected chi connectivity index (χ2v) is 7.59. The van der Waals surface area contributed by atoms with Crippen LogP contribution in [0.4, 0.5) is 0 Å². The predicted octanol–water partition coefficient (Wildman–Crippen LogP) is 4.49. The van der Waals surface area contributed by atoms with Crippen molar-refractivity contribution in [2.45, 2.75) is 31.2 Å². The molecule has 2 aromatic carbocycles. The molecule has 0 aliphatic carbocycles. The minimum absolute atomic E-state index is 0.183. The highest BCUT2D eigenvalue weighted by Crippen LogP contribution is 2.33. The summed E-state index contributed by atoms with van der Waals surface area (Å²) in [6, 6.07) is 15.9. The lowest BCUT2D eigenvalue weighted by Gasteiger charge is -2.20. The molecule has 4 rings (SSSR count). The third kappa shape index (κ3) is 3.62. The lowest BCUT2D eigenvalue weighted by atomic mass is 10.1. The topological polar surface area (TPSA) is 61.5 Å². The van der Waals surface area contributed by atoms with Crippen molar-refractivity contribution in [2.75, 3.05) is 13.2 Å². The lowest BCUT2D eigenvalue weighted by molar-refractivity contribution is 0.340. The van der Waals surface area contributed by atoms with Crippen molar-refractivity contribution in [2.24, 2.45) is 5.10 Å². The highest BCUT2D eigenvalue weighted by atomic mass is 32.2. The fourth-order valence-corrected chi connectivity index (χ4v) is 3.99. The summed E-state index contributed by atoms with van der Waals surface area (Å²) >= 11 is 1.66. The smallest absolute Gasteiger partial charge is 0.213 e. The van der Waals surface area contributed by atoms with Gasteiger partial charge in [-0.3, -0.25) is 0 Å². The van der Waals surface area contributed by atoms with Crippen molar-refractivity contribution in [3.05, 3.63) is 54.1 Å². The molecule has 1 aliphatic rings. The number of aromatic nitrogens is 3. The molecule has 3 aromatic rings. The normalized spacial score (nSPS) is 15.7. The van der Waals surface area contributed by atoms with Crippen molar-refractivity contribution < 1.29 is 9.47 Å². The minimum Gasteiger partial charge on any atom is -0.494 e. The monoisotopic (exact) mass is 394 g/mol. The number of hydrogen-bond acceptors (Lipinski definition) is 6. The van der Waals surface area contributed by atoms with Crippen molar-refractivity contribution in [1.29, 1.82) is 0 Å². The van der Waals surface area contributed by atoms with E-state index in [0.29, 0.717) is 13.2 Å². The van der Waals surface area contributed by atoms with Crippen LogP contribution in [0.15, 0.2) is 58.8 Å². The van der Waals surface area contributed by atoms with Gasteiger partial charge in [-0.2, -0.15) is 9.78 Å². The zero-order valence-electron chi connectivity index (χ0n) is 16.1. The van der Waals surface area contributed by atoms with Gasteiger partial charge in [0.15, 0.2) is 5.82 Å². The van der Waals surface area contributed by atoms with E-state index >= 15 is 0 Å². The van der Waals surface area contributed by atoms with Crippen LogP contribution in [0.2, 0.25) is 0 Å². The third-order valence-electron chi connectivity index (χ3n) is 4.37. The van der Waals surface area contributed by atoms with Crippen LogP contribution in [-0.2, 0) is 0 Å². The maximum Gasteiger partial charge on any atom is 0.213 e. The van der Waals surface area contributed by atoms with Gasteiger partial charge < -0.3 is 9.47 Å². The summed E-state index contributed by atoms with van der Waals surface area (Å²) < 4.78 is 12.9. The highest BCUT2D eigenvalue weighted by molar-refractivity contribution is 8.00. The van der Waals surface area contributed by atoms with E-state index in [4.69, 9.17) is 14.6 Å². The zero-order valence-corrected chi connectivity index (χ0v) is 16.9.